The molecular formula is C12H22N2O5. The second-order valence-corrected chi connectivity index (χ2v) is 4.25. The fourth-order valence-electron chi connectivity index (χ4n) is 1.38. The first-order chi connectivity index (χ1) is 8.87. The molecule has 19 heavy (non-hydrogen) atoms. The van der Waals surface area contributed by atoms with Crippen LogP contribution in [0.4, 0.5) is 4.79 Å². The average molecular weight is 274 g/mol. The van der Waals surface area contributed by atoms with Gasteiger partial charge in [-0.3, -0.25) is 4.79 Å². The van der Waals surface area contributed by atoms with Gasteiger partial charge in [0.25, 0.3) is 0 Å². The summed E-state index contributed by atoms with van der Waals surface area (Å²) in [5.41, 5.74) is 0. The van der Waals surface area contributed by atoms with E-state index in [0.717, 1.165) is 0 Å². The van der Waals surface area contributed by atoms with Crippen molar-refractivity contribution in [2.75, 3.05) is 14.2 Å². The summed E-state index contributed by atoms with van der Waals surface area (Å²) in [6.07, 6.45) is -0.000385. The largest absolute Gasteiger partial charge is 0.467 e. The summed E-state index contributed by atoms with van der Waals surface area (Å²) < 4.78 is 9.04. The maximum absolute atomic E-state index is 11.9. The van der Waals surface area contributed by atoms with Crippen molar-refractivity contribution in [3.63, 3.8) is 0 Å². The second kappa shape index (κ2) is 8.34. The molecule has 2 amide bonds. The van der Waals surface area contributed by atoms with E-state index in [1.165, 1.54) is 21.1 Å². The van der Waals surface area contributed by atoms with E-state index in [1.807, 2.05) is 13.8 Å². The molecule has 0 bridgehead atoms. The van der Waals surface area contributed by atoms with Crippen molar-refractivity contribution < 1.29 is 23.9 Å². The predicted octanol–water partition coefficient (Wildman–Crippen LogP) is 0.435. The minimum absolute atomic E-state index is 0.0678. The number of rotatable bonds is 6. The third kappa shape index (κ3) is 5.58. The van der Waals surface area contributed by atoms with Crippen LogP contribution in [0.5, 0.6) is 0 Å². The zero-order valence-electron chi connectivity index (χ0n) is 12.0. The van der Waals surface area contributed by atoms with E-state index in [4.69, 9.17) is 0 Å². The topological polar surface area (TPSA) is 93.7 Å². The van der Waals surface area contributed by atoms with Crippen molar-refractivity contribution >= 4 is 18.0 Å². The van der Waals surface area contributed by atoms with E-state index in [1.54, 1.807) is 0 Å². The number of ether oxygens (including phenoxy) is 2. The molecule has 0 aromatic rings. The van der Waals surface area contributed by atoms with Crippen molar-refractivity contribution in [3.05, 3.63) is 0 Å². The number of hydrogen-bond acceptors (Lipinski definition) is 5. The van der Waals surface area contributed by atoms with Crippen LogP contribution in [-0.2, 0) is 19.1 Å². The van der Waals surface area contributed by atoms with Crippen LogP contribution in [0.15, 0.2) is 0 Å². The summed E-state index contributed by atoms with van der Waals surface area (Å²) >= 11 is 0. The van der Waals surface area contributed by atoms with Gasteiger partial charge >= 0.3 is 12.1 Å². The Hall–Kier alpha value is -1.79. The van der Waals surface area contributed by atoms with Crippen molar-refractivity contribution in [2.45, 2.75) is 39.3 Å². The van der Waals surface area contributed by atoms with E-state index in [9.17, 15) is 14.4 Å². The molecule has 0 heterocycles. The molecule has 3 atom stereocenters. The highest BCUT2D eigenvalue weighted by molar-refractivity contribution is 5.89. The van der Waals surface area contributed by atoms with Gasteiger partial charge in [0.1, 0.15) is 12.1 Å². The van der Waals surface area contributed by atoms with Crippen LogP contribution in [0, 0.1) is 5.92 Å². The monoisotopic (exact) mass is 274 g/mol. The summed E-state index contributed by atoms with van der Waals surface area (Å²) in [5.74, 6) is -1.05. The molecule has 7 heteroatoms. The minimum Gasteiger partial charge on any atom is -0.467 e. The molecule has 0 aliphatic heterocycles. The van der Waals surface area contributed by atoms with Gasteiger partial charge < -0.3 is 20.1 Å². The first-order valence-corrected chi connectivity index (χ1v) is 6.10. The quantitative estimate of drug-likeness (QED) is 0.685. The summed E-state index contributed by atoms with van der Waals surface area (Å²) in [4.78, 5) is 34.4. The van der Waals surface area contributed by atoms with Gasteiger partial charge in [0.2, 0.25) is 5.91 Å². The van der Waals surface area contributed by atoms with Crippen LogP contribution in [0.2, 0.25) is 0 Å². The Kier molecular flexibility index (Phi) is 7.55. The molecule has 0 aliphatic carbocycles. The molecule has 7 nitrogen and oxygen atoms in total. The van der Waals surface area contributed by atoms with Crippen LogP contribution in [-0.4, -0.2) is 44.3 Å². The number of hydrogen-bond donors (Lipinski definition) is 2. The Morgan fingerprint density at radius 1 is 1.05 bits per heavy atom. The molecule has 0 aliphatic rings. The van der Waals surface area contributed by atoms with Gasteiger partial charge in [-0.25, -0.2) is 9.59 Å². The van der Waals surface area contributed by atoms with Crippen LogP contribution in [0.25, 0.3) is 0 Å². The molecule has 110 valence electrons. The average Bonchev–Trinajstić information content (AvgIpc) is 2.42. The van der Waals surface area contributed by atoms with Crippen molar-refractivity contribution in [1.29, 1.82) is 0 Å². The Bertz CT molecular complexity index is 332. The summed E-state index contributed by atoms with van der Waals surface area (Å²) in [6.45, 7) is 5.24. The van der Waals surface area contributed by atoms with E-state index in [2.05, 4.69) is 20.1 Å². The molecule has 0 spiro atoms. The van der Waals surface area contributed by atoms with Crippen LogP contribution >= 0.6 is 0 Å². The maximum Gasteiger partial charge on any atom is 0.407 e. The van der Waals surface area contributed by atoms with Gasteiger partial charge in [-0.2, -0.15) is 0 Å². The zero-order valence-corrected chi connectivity index (χ0v) is 12.0. The van der Waals surface area contributed by atoms with Gasteiger partial charge in [-0.1, -0.05) is 20.3 Å². The van der Waals surface area contributed by atoms with Crippen molar-refractivity contribution in [2.24, 2.45) is 5.92 Å². The minimum atomic E-state index is -0.802. The lowest BCUT2D eigenvalue weighted by Gasteiger charge is -2.23. The van der Waals surface area contributed by atoms with E-state index in [0.29, 0.717) is 6.42 Å². The summed E-state index contributed by atoms with van der Waals surface area (Å²) in [7, 11) is 2.47. The van der Waals surface area contributed by atoms with Crippen LogP contribution in [0.1, 0.15) is 27.2 Å². The lowest BCUT2D eigenvalue weighted by Crippen LogP contribution is -2.52. The Labute approximate surface area is 113 Å². The highest BCUT2D eigenvalue weighted by atomic mass is 16.5. The first-order valence-electron chi connectivity index (χ1n) is 6.10. The number of methoxy groups -OCH3 is 2. The van der Waals surface area contributed by atoms with Gasteiger partial charge in [0, 0.05) is 0 Å². The van der Waals surface area contributed by atoms with Gasteiger partial charge in [-0.05, 0) is 12.8 Å². The second-order valence-electron chi connectivity index (χ2n) is 4.25. The Morgan fingerprint density at radius 3 is 2.05 bits per heavy atom. The van der Waals surface area contributed by atoms with E-state index < -0.39 is 30.1 Å². The molecule has 0 fully saturated rings. The SMILES string of the molecule is CCC(C)C(NC(=O)C(C)NC(=O)OC)C(=O)OC. The van der Waals surface area contributed by atoms with E-state index >= 15 is 0 Å². The fourth-order valence-corrected chi connectivity index (χ4v) is 1.38. The summed E-state index contributed by atoms with van der Waals surface area (Å²) in [6, 6.07) is -1.53. The molecule has 0 rings (SSSR count). The normalized spacial score (nSPS) is 14.8. The number of amides is 2. The molecular weight excluding hydrogens is 252 g/mol. The highest BCUT2D eigenvalue weighted by Gasteiger charge is 2.28. The molecule has 2 N–H and O–H groups in total. The smallest absolute Gasteiger partial charge is 0.407 e. The number of carbonyl (C=O) groups excluding carboxylic acids is 3. The van der Waals surface area contributed by atoms with E-state index in [-0.39, 0.29) is 5.92 Å². The fraction of sp³-hybridized carbons (Fsp3) is 0.750. The highest BCUT2D eigenvalue weighted by Crippen LogP contribution is 2.09. The first kappa shape index (κ1) is 17.2. The van der Waals surface area contributed by atoms with Gasteiger partial charge in [0.15, 0.2) is 0 Å². The maximum atomic E-state index is 11.9. The molecule has 0 saturated heterocycles. The third-order valence-electron chi connectivity index (χ3n) is 2.88. The van der Waals surface area contributed by atoms with Crippen LogP contribution < -0.4 is 10.6 Å². The molecule has 0 saturated carbocycles. The van der Waals surface area contributed by atoms with Crippen LogP contribution in [0.3, 0.4) is 0 Å². The van der Waals surface area contributed by atoms with Gasteiger partial charge in [-0.15, -0.1) is 0 Å². The van der Waals surface area contributed by atoms with Crippen molar-refractivity contribution in [3.8, 4) is 0 Å². The standard InChI is InChI=1S/C12H22N2O5/c1-6-7(2)9(11(16)18-4)14-10(15)8(3)13-12(17)19-5/h7-9H,6H2,1-5H3,(H,13,17)(H,14,15). The van der Waals surface area contributed by atoms with Gasteiger partial charge in [0.05, 0.1) is 14.2 Å². The number of esters is 1. The number of alkyl carbamates (subject to hydrolysis) is 1. The number of carbonyl (C=O) groups is 3. The molecule has 0 radical (unpaired) electrons. The lowest BCUT2D eigenvalue weighted by molar-refractivity contribution is -0.146. The molecule has 0 aromatic heterocycles. The Morgan fingerprint density at radius 2 is 1.63 bits per heavy atom. The lowest BCUT2D eigenvalue weighted by atomic mass is 9.99. The number of nitrogens with one attached hydrogen (secondary N) is 2. The van der Waals surface area contributed by atoms with Crippen molar-refractivity contribution in [1.82, 2.24) is 10.6 Å². The third-order valence-corrected chi connectivity index (χ3v) is 2.88. The zero-order chi connectivity index (χ0) is 15.0. The summed E-state index contributed by atoms with van der Waals surface area (Å²) in [5, 5.41) is 4.89. The molecule has 0 aromatic carbocycles. The predicted molar refractivity (Wildman–Crippen MR) is 68.4 cm³/mol. The Balaban J connectivity index is 4.62. The molecule has 3 unspecified atom stereocenters.